The molecule has 10 nitrogen and oxygen atoms in total. The minimum Gasteiger partial charge on any atom is -0.343 e. The molecule has 0 radical (unpaired) electrons. The lowest BCUT2D eigenvalue weighted by molar-refractivity contribution is -0.139. The van der Waals surface area contributed by atoms with Gasteiger partial charge in [-0.2, -0.15) is 5.01 Å². The number of benzene rings is 2. The van der Waals surface area contributed by atoms with E-state index in [1.807, 2.05) is 0 Å². The lowest BCUT2D eigenvalue weighted by atomic mass is 9.87. The Hall–Kier alpha value is -4.21. The third-order valence-corrected chi connectivity index (χ3v) is 6.05. The first-order chi connectivity index (χ1) is 16.4. The monoisotopic (exact) mass is 463 g/mol. The molecule has 0 unspecified atom stereocenters. The van der Waals surface area contributed by atoms with E-state index in [9.17, 15) is 24.0 Å². The van der Waals surface area contributed by atoms with Crippen molar-refractivity contribution >= 4 is 35.3 Å². The predicted octanol–water partition coefficient (Wildman–Crippen LogP) is 1.43. The molecule has 0 aliphatic carbocycles. The fourth-order valence-electron chi connectivity index (χ4n) is 4.18. The summed E-state index contributed by atoms with van der Waals surface area (Å²) in [6.45, 7) is 1.98. The van der Waals surface area contributed by atoms with Crippen LogP contribution in [0.3, 0.4) is 0 Å². The van der Waals surface area contributed by atoms with Crippen molar-refractivity contribution < 1.29 is 24.0 Å². The third-order valence-electron chi connectivity index (χ3n) is 6.05. The Balaban J connectivity index is 1.35. The summed E-state index contributed by atoms with van der Waals surface area (Å²) in [4.78, 5) is 63.8. The summed E-state index contributed by atoms with van der Waals surface area (Å²) in [6.07, 6.45) is 1.61. The van der Waals surface area contributed by atoms with Crippen molar-refractivity contribution in [2.24, 2.45) is 0 Å². The molecule has 4 rings (SSSR count). The SMILES string of the molecule is CC[C@]1(c2ccccc2)NC(=O)N(NC(=O)CNC(=O)c2ccc(N3CCCC3=O)cc2)C1=O. The molecule has 2 heterocycles. The van der Waals surface area contributed by atoms with Crippen molar-refractivity contribution in [2.45, 2.75) is 31.7 Å². The van der Waals surface area contributed by atoms with Gasteiger partial charge >= 0.3 is 6.03 Å². The summed E-state index contributed by atoms with van der Waals surface area (Å²) >= 11 is 0. The molecule has 10 heteroatoms. The number of amides is 6. The maximum atomic E-state index is 13.0. The fourth-order valence-corrected chi connectivity index (χ4v) is 4.18. The number of imide groups is 1. The number of carbonyl (C=O) groups is 5. The van der Waals surface area contributed by atoms with Gasteiger partial charge in [0, 0.05) is 24.2 Å². The number of rotatable bonds is 7. The second kappa shape index (κ2) is 9.34. The zero-order chi connectivity index (χ0) is 24.3. The quantitative estimate of drug-likeness (QED) is 0.535. The third kappa shape index (κ3) is 4.21. The second-order valence-electron chi connectivity index (χ2n) is 8.11. The highest BCUT2D eigenvalue weighted by Crippen LogP contribution is 2.31. The van der Waals surface area contributed by atoms with Gasteiger partial charge in [0.1, 0.15) is 5.54 Å². The Morgan fingerprint density at radius 1 is 1.03 bits per heavy atom. The molecule has 176 valence electrons. The van der Waals surface area contributed by atoms with Crippen molar-refractivity contribution in [3.8, 4) is 0 Å². The van der Waals surface area contributed by atoms with Crippen LogP contribution in [0.25, 0.3) is 0 Å². The molecule has 0 spiro atoms. The van der Waals surface area contributed by atoms with Gasteiger partial charge in [0.25, 0.3) is 17.7 Å². The summed E-state index contributed by atoms with van der Waals surface area (Å²) in [5, 5.41) is 5.78. The van der Waals surface area contributed by atoms with E-state index in [-0.39, 0.29) is 5.91 Å². The van der Waals surface area contributed by atoms with Gasteiger partial charge in [-0.25, -0.2) is 4.79 Å². The van der Waals surface area contributed by atoms with Gasteiger partial charge in [-0.15, -0.1) is 0 Å². The topological polar surface area (TPSA) is 128 Å². The second-order valence-corrected chi connectivity index (χ2v) is 8.11. The number of anilines is 1. The number of hydrogen-bond donors (Lipinski definition) is 3. The van der Waals surface area contributed by atoms with Gasteiger partial charge in [-0.1, -0.05) is 37.3 Å². The minimum atomic E-state index is -1.27. The number of hydrogen-bond acceptors (Lipinski definition) is 5. The molecule has 6 amide bonds. The van der Waals surface area contributed by atoms with Crippen LogP contribution < -0.4 is 21.0 Å². The molecule has 34 heavy (non-hydrogen) atoms. The summed E-state index contributed by atoms with van der Waals surface area (Å²) in [5.74, 6) is -1.78. The number of hydrazine groups is 1. The summed E-state index contributed by atoms with van der Waals surface area (Å²) in [7, 11) is 0. The number of carbonyl (C=O) groups excluding carboxylic acids is 5. The highest BCUT2D eigenvalue weighted by Gasteiger charge is 2.52. The van der Waals surface area contributed by atoms with E-state index in [0.717, 1.165) is 6.42 Å². The molecular weight excluding hydrogens is 438 g/mol. The van der Waals surface area contributed by atoms with Gasteiger partial charge in [-0.05, 0) is 42.7 Å². The number of nitrogens with one attached hydrogen (secondary N) is 3. The molecule has 2 aromatic rings. The molecule has 1 atom stereocenters. The zero-order valence-corrected chi connectivity index (χ0v) is 18.7. The van der Waals surface area contributed by atoms with Crippen LogP contribution in [0, 0.1) is 0 Å². The van der Waals surface area contributed by atoms with E-state index in [1.165, 1.54) is 0 Å². The fraction of sp³-hybridized carbons (Fsp3) is 0.292. The number of nitrogens with zero attached hydrogens (tertiary/aromatic N) is 2. The van der Waals surface area contributed by atoms with Crippen LogP contribution in [0.15, 0.2) is 54.6 Å². The van der Waals surface area contributed by atoms with Crippen LogP contribution >= 0.6 is 0 Å². The van der Waals surface area contributed by atoms with E-state index in [0.29, 0.717) is 41.2 Å². The minimum absolute atomic E-state index is 0.0497. The van der Waals surface area contributed by atoms with Crippen molar-refractivity contribution in [1.29, 1.82) is 0 Å². The number of urea groups is 1. The van der Waals surface area contributed by atoms with Crippen LogP contribution in [0.1, 0.15) is 42.1 Å². The van der Waals surface area contributed by atoms with Crippen molar-refractivity contribution in [3.05, 3.63) is 65.7 Å². The van der Waals surface area contributed by atoms with Gasteiger partial charge in [-0.3, -0.25) is 24.6 Å². The maximum Gasteiger partial charge on any atom is 0.344 e. The standard InChI is InChI=1S/C24H25N5O5/c1-2-24(17-7-4-3-5-8-17)22(33)29(23(34)26-24)27-19(30)15-25-21(32)16-10-12-18(13-11-16)28-14-6-9-20(28)31/h3-5,7-8,10-13H,2,6,9,14-15H2,1H3,(H,25,32)(H,26,34)(H,27,30)/t24-/m1/s1. The van der Waals surface area contributed by atoms with E-state index < -0.39 is 35.8 Å². The Labute approximate surface area is 196 Å². The highest BCUT2D eigenvalue weighted by molar-refractivity contribution is 6.08. The van der Waals surface area contributed by atoms with E-state index in [1.54, 1.807) is 66.4 Å². The van der Waals surface area contributed by atoms with Crippen molar-refractivity contribution in [1.82, 2.24) is 21.1 Å². The van der Waals surface area contributed by atoms with Crippen LogP contribution in [0.4, 0.5) is 10.5 Å². The van der Waals surface area contributed by atoms with Crippen molar-refractivity contribution in [2.75, 3.05) is 18.0 Å². The molecule has 0 aromatic heterocycles. The Morgan fingerprint density at radius 3 is 2.35 bits per heavy atom. The summed E-state index contributed by atoms with van der Waals surface area (Å²) < 4.78 is 0. The van der Waals surface area contributed by atoms with Crippen LogP contribution in [0.2, 0.25) is 0 Å². The van der Waals surface area contributed by atoms with E-state index in [4.69, 9.17) is 0 Å². The van der Waals surface area contributed by atoms with E-state index in [2.05, 4.69) is 16.1 Å². The first-order valence-electron chi connectivity index (χ1n) is 11.1. The first-order valence-corrected chi connectivity index (χ1v) is 11.1. The van der Waals surface area contributed by atoms with Gasteiger partial charge in [0.2, 0.25) is 5.91 Å². The average molecular weight is 463 g/mol. The Bertz CT molecular complexity index is 1130. The smallest absolute Gasteiger partial charge is 0.343 e. The lowest BCUT2D eigenvalue weighted by Gasteiger charge is -2.25. The molecule has 2 aliphatic rings. The first kappa shape index (κ1) is 23.0. The van der Waals surface area contributed by atoms with Gasteiger partial charge in [0.15, 0.2) is 0 Å². The largest absolute Gasteiger partial charge is 0.344 e. The Kier molecular flexibility index (Phi) is 6.31. The molecular formula is C24H25N5O5. The molecule has 2 saturated heterocycles. The summed E-state index contributed by atoms with van der Waals surface area (Å²) in [5.41, 5.74) is 2.64. The molecule has 2 aromatic carbocycles. The van der Waals surface area contributed by atoms with Gasteiger partial charge in [0.05, 0.1) is 6.54 Å². The molecule has 3 N–H and O–H groups in total. The van der Waals surface area contributed by atoms with Crippen LogP contribution in [-0.4, -0.2) is 47.8 Å². The predicted molar refractivity (Wildman–Crippen MR) is 122 cm³/mol. The Morgan fingerprint density at radius 2 is 1.74 bits per heavy atom. The van der Waals surface area contributed by atoms with Crippen LogP contribution in [0.5, 0.6) is 0 Å². The molecule has 2 fully saturated rings. The normalized spacial score (nSPS) is 19.9. The molecule has 0 saturated carbocycles. The van der Waals surface area contributed by atoms with Crippen molar-refractivity contribution in [3.63, 3.8) is 0 Å². The highest BCUT2D eigenvalue weighted by atomic mass is 16.2. The van der Waals surface area contributed by atoms with E-state index >= 15 is 0 Å². The molecule has 0 bridgehead atoms. The lowest BCUT2D eigenvalue weighted by Crippen LogP contribution is -2.51. The summed E-state index contributed by atoms with van der Waals surface area (Å²) in [6, 6.07) is 14.5. The zero-order valence-electron chi connectivity index (χ0n) is 18.7. The maximum absolute atomic E-state index is 13.0. The average Bonchev–Trinajstić information content (AvgIpc) is 3.39. The molecule has 2 aliphatic heterocycles. The van der Waals surface area contributed by atoms with Gasteiger partial charge < -0.3 is 15.5 Å². The van der Waals surface area contributed by atoms with Crippen LogP contribution in [-0.2, 0) is 19.9 Å².